The van der Waals surface area contributed by atoms with Crippen molar-refractivity contribution in [1.82, 2.24) is 19.9 Å². The van der Waals surface area contributed by atoms with Crippen molar-refractivity contribution in [1.29, 1.82) is 0 Å². The highest BCUT2D eigenvalue weighted by molar-refractivity contribution is 8.34. The Hall–Kier alpha value is -6.17. The Morgan fingerprint density at radius 3 is 1.45 bits per heavy atom. The lowest BCUT2D eigenvalue weighted by molar-refractivity contribution is 1.07. The fourth-order valence-corrected chi connectivity index (χ4v) is 11.2. The van der Waals surface area contributed by atoms with Crippen LogP contribution >= 0.6 is 10.0 Å². The van der Waals surface area contributed by atoms with Gasteiger partial charge in [-0.3, -0.25) is 4.98 Å². The Balaban J connectivity index is 1.32. The summed E-state index contributed by atoms with van der Waals surface area (Å²) in [5.41, 5.74) is 7.55. The Labute approximate surface area is 287 Å². The van der Waals surface area contributed by atoms with Crippen LogP contribution in [0, 0.1) is 0 Å². The summed E-state index contributed by atoms with van der Waals surface area (Å²) in [6, 6.07) is 60.3. The van der Waals surface area contributed by atoms with Crippen molar-refractivity contribution in [3.63, 3.8) is 0 Å². The third kappa shape index (κ3) is 4.78. The molecular weight excluding hydrogens is 617 g/mol. The largest absolute Gasteiger partial charge is 0.265 e. The van der Waals surface area contributed by atoms with Gasteiger partial charge in [0, 0.05) is 54.2 Å². The number of nitrogens with zero attached hydrogens (tertiary/aromatic N) is 4. The maximum Gasteiger partial charge on any atom is 0.164 e. The molecule has 0 fully saturated rings. The molecule has 4 nitrogen and oxygen atoms in total. The Kier molecular flexibility index (Phi) is 7.18. The zero-order valence-electron chi connectivity index (χ0n) is 26.5. The Bertz CT molecular complexity index is 2340. The second kappa shape index (κ2) is 12.1. The van der Waals surface area contributed by atoms with Crippen molar-refractivity contribution < 1.29 is 0 Å². The highest BCUT2D eigenvalue weighted by Gasteiger charge is 2.43. The van der Waals surface area contributed by atoms with Gasteiger partial charge >= 0.3 is 0 Å². The number of benzene rings is 6. The van der Waals surface area contributed by atoms with Crippen LogP contribution in [-0.2, 0) is 0 Å². The lowest BCUT2D eigenvalue weighted by Gasteiger charge is -2.39. The second-order valence-electron chi connectivity index (χ2n) is 11.9. The van der Waals surface area contributed by atoms with Gasteiger partial charge in [-0.25, -0.2) is 15.0 Å². The maximum atomic E-state index is 5.11. The van der Waals surface area contributed by atoms with Gasteiger partial charge in [-0.05, 0) is 65.2 Å². The average molecular weight is 647 g/mol. The third-order valence-corrected chi connectivity index (χ3v) is 13.1. The van der Waals surface area contributed by atoms with E-state index < -0.39 is 10.0 Å². The van der Waals surface area contributed by atoms with Crippen molar-refractivity contribution >= 4 is 10.0 Å². The van der Waals surface area contributed by atoms with Gasteiger partial charge in [-0.2, -0.15) is 0 Å². The average Bonchev–Trinajstić information content (AvgIpc) is 3.50. The van der Waals surface area contributed by atoms with Gasteiger partial charge in [0.2, 0.25) is 0 Å². The SMILES string of the molecule is c1ccc(-c2nc(-c3ccncc3)nc(-c3ccccc3-c3cccc4c3-c3ccccc3S4(c3ccccc3)c3ccccc3)n2)cc1. The van der Waals surface area contributed by atoms with Gasteiger partial charge in [0.25, 0.3) is 0 Å². The molecule has 1 aliphatic heterocycles. The predicted molar refractivity (Wildman–Crippen MR) is 198 cm³/mol. The molecule has 0 spiro atoms. The lowest BCUT2D eigenvalue weighted by atomic mass is 9.91. The predicted octanol–water partition coefficient (Wildman–Crippen LogP) is 11.3. The third-order valence-electron chi connectivity index (χ3n) is 9.10. The quantitative estimate of drug-likeness (QED) is 0.180. The molecule has 232 valence electrons. The maximum absolute atomic E-state index is 5.11. The van der Waals surface area contributed by atoms with E-state index >= 15 is 0 Å². The first-order valence-electron chi connectivity index (χ1n) is 16.3. The number of aromatic nitrogens is 4. The van der Waals surface area contributed by atoms with E-state index in [0.717, 1.165) is 27.8 Å². The molecule has 8 aromatic rings. The van der Waals surface area contributed by atoms with Crippen LogP contribution < -0.4 is 0 Å². The van der Waals surface area contributed by atoms with Crippen LogP contribution in [0.1, 0.15) is 0 Å². The Morgan fingerprint density at radius 1 is 0.327 bits per heavy atom. The minimum Gasteiger partial charge on any atom is -0.265 e. The van der Waals surface area contributed by atoms with Crippen LogP contribution in [0.3, 0.4) is 0 Å². The molecule has 6 aromatic carbocycles. The van der Waals surface area contributed by atoms with Gasteiger partial charge in [0.1, 0.15) is 0 Å². The summed E-state index contributed by atoms with van der Waals surface area (Å²) in [7, 11) is -1.78. The number of pyridine rings is 1. The first-order valence-corrected chi connectivity index (χ1v) is 17.9. The van der Waals surface area contributed by atoms with Crippen molar-refractivity contribution in [2.45, 2.75) is 19.6 Å². The van der Waals surface area contributed by atoms with Crippen LogP contribution in [-0.4, -0.2) is 19.9 Å². The van der Waals surface area contributed by atoms with E-state index in [2.05, 4.69) is 132 Å². The van der Waals surface area contributed by atoms with Crippen molar-refractivity contribution in [2.24, 2.45) is 0 Å². The van der Waals surface area contributed by atoms with Crippen LogP contribution in [0.4, 0.5) is 0 Å². The molecule has 5 heteroatoms. The molecule has 49 heavy (non-hydrogen) atoms. The summed E-state index contributed by atoms with van der Waals surface area (Å²) in [5.74, 6) is 1.87. The smallest absolute Gasteiger partial charge is 0.164 e. The van der Waals surface area contributed by atoms with Crippen molar-refractivity contribution in [3.8, 4) is 56.4 Å². The summed E-state index contributed by atoms with van der Waals surface area (Å²) >= 11 is 0. The highest BCUT2D eigenvalue weighted by Crippen LogP contribution is 2.80. The summed E-state index contributed by atoms with van der Waals surface area (Å²) in [6.45, 7) is 0. The monoisotopic (exact) mass is 646 g/mol. The van der Waals surface area contributed by atoms with Crippen LogP contribution in [0.5, 0.6) is 0 Å². The molecule has 0 unspecified atom stereocenters. The molecule has 1 aliphatic rings. The van der Waals surface area contributed by atoms with E-state index in [1.54, 1.807) is 12.4 Å². The van der Waals surface area contributed by atoms with Crippen molar-refractivity contribution in [2.75, 3.05) is 0 Å². The summed E-state index contributed by atoms with van der Waals surface area (Å²) in [5, 5.41) is 0. The number of fused-ring (bicyclic) bond motifs is 3. The molecule has 0 N–H and O–H groups in total. The number of rotatable bonds is 6. The minimum absolute atomic E-state index is 0.612. The number of hydrogen-bond acceptors (Lipinski definition) is 4. The van der Waals surface area contributed by atoms with E-state index in [0.29, 0.717) is 17.5 Å². The highest BCUT2D eigenvalue weighted by atomic mass is 32.3. The Morgan fingerprint density at radius 2 is 0.796 bits per heavy atom. The molecule has 9 rings (SSSR count). The van der Waals surface area contributed by atoms with E-state index in [-0.39, 0.29) is 0 Å². The summed E-state index contributed by atoms with van der Waals surface area (Å²) in [4.78, 5) is 24.7. The van der Waals surface area contributed by atoms with Gasteiger partial charge < -0.3 is 0 Å². The molecule has 0 saturated carbocycles. The first kappa shape index (κ1) is 29.0. The second-order valence-corrected chi connectivity index (χ2v) is 14.9. The molecule has 0 saturated heterocycles. The van der Waals surface area contributed by atoms with Gasteiger partial charge in [0.15, 0.2) is 17.5 Å². The molecule has 0 radical (unpaired) electrons. The normalized spacial score (nSPS) is 13.3. The van der Waals surface area contributed by atoms with Gasteiger partial charge in [0.05, 0.1) is 0 Å². The van der Waals surface area contributed by atoms with E-state index in [1.807, 2.05) is 42.5 Å². The molecule has 0 amide bonds. The topological polar surface area (TPSA) is 51.6 Å². The fourth-order valence-electron chi connectivity index (χ4n) is 7.00. The van der Waals surface area contributed by atoms with E-state index in [9.17, 15) is 0 Å². The van der Waals surface area contributed by atoms with Crippen LogP contribution in [0.2, 0.25) is 0 Å². The van der Waals surface area contributed by atoms with Gasteiger partial charge in [-0.1, -0.05) is 121 Å². The summed E-state index contributed by atoms with van der Waals surface area (Å²) < 4.78 is 0. The molecule has 2 aromatic heterocycles. The molecule has 0 atom stereocenters. The summed E-state index contributed by atoms with van der Waals surface area (Å²) in [6.07, 6.45) is 3.54. The molecular formula is C44H30N4S. The molecule has 0 bridgehead atoms. The molecule has 3 heterocycles. The molecule has 0 aliphatic carbocycles. The standard InChI is InChI=1S/C44H30N4S/c1-4-15-31(16-5-1)42-46-43(32-27-29-45-30-28-32)48-44(47-42)37-22-11-10-21-35(37)36-24-14-26-40-41(36)38-23-12-13-25-39(38)49(40,33-17-6-2-7-18-33)34-19-8-3-9-20-34/h1-30H. The van der Waals surface area contributed by atoms with Crippen LogP contribution in [0.15, 0.2) is 202 Å². The minimum atomic E-state index is -1.78. The zero-order valence-corrected chi connectivity index (χ0v) is 27.3. The van der Waals surface area contributed by atoms with E-state index in [4.69, 9.17) is 15.0 Å². The zero-order chi connectivity index (χ0) is 32.6. The number of hydrogen-bond donors (Lipinski definition) is 0. The van der Waals surface area contributed by atoms with E-state index in [1.165, 1.54) is 30.7 Å². The first-order chi connectivity index (χ1) is 24.3. The van der Waals surface area contributed by atoms with Gasteiger partial charge in [-0.15, -0.1) is 10.0 Å². The van der Waals surface area contributed by atoms with Crippen molar-refractivity contribution in [3.05, 3.63) is 182 Å². The lowest BCUT2D eigenvalue weighted by Crippen LogP contribution is -2.02. The fraction of sp³-hybridized carbons (Fsp3) is 0. The van der Waals surface area contributed by atoms with Crippen LogP contribution in [0.25, 0.3) is 56.4 Å².